The van der Waals surface area contributed by atoms with Crippen molar-refractivity contribution in [2.24, 2.45) is 0 Å². The van der Waals surface area contributed by atoms with Gasteiger partial charge in [-0.1, -0.05) is 0 Å². The molecular weight excluding hydrogens is 359 g/mol. The maximum Gasteiger partial charge on any atom is 0.238 e. The van der Waals surface area contributed by atoms with Gasteiger partial charge in [0.2, 0.25) is 5.91 Å². The highest BCUT2D eigenvalue weighted by Gasteiger charge is 2.30. The Morgan fingerprint density at radius 1 is 1.42 bits per heavy atom. The van der Waals surface area contributed by atoms with Crippen molar-refractivity contribution in [3.05, 3.63) is 27.3 Å². The Morgan fingerprint density at radius 3 is 2.63 bits per heavy atom. The molecule has 1 fully saturated rings. The first kappa shape index (κ1) is 14.7. The summed E-state index contributed by atoms with van der Waals surface area (Å²) in [5.74, 6) is -0.134. The molecule has 3 N–H and O–H groups in total. The van der Waals surface area contributed by atoms with Crippen LogP contribution in [-0.2, 0) is 4.79 Å². The lowest BCUT2D eigenvalue weighted by Gasteiger charge is -2.15. The predicted molar refractivity (Wildman–Crippen MR) is 81.0 cm³/mol. The Bertz CT molecular complexity index is 471. The van der Waals surface area contributed by atoms with Crippen LogP contribution in [0.5, 0.6) is 0 Å². The highest BCUT2D eigenvalue weighted by atomic mass is 127. The van der Waals surface area contributed by atoms with E-state index in [0.717, 1.165) is 14.8 Å². The summed E-state index contributed by atoms with van der Waals surface area (Å²) < 4.78 is 1.12. The third kappa shape index (κ3) is 3.88. The van der Waals surface area contributed by atoms with Crippen LogP contribution in [0.3, 0.4) is 0 Å². The van der Waals surface area contributed by atoms with E-state index in [1.54, 1.807) is 4.90 Å². The van der Waals surface area contributed by atoms with Gasteiger partial charge in [-0.2, -0.15) is 0 Å². The van der Waals surface area contributed by atoms with Gasteiger partial charge in [0, 0.05) is 22.3 Å². The van der Waals surface area contributed by atoms with Crippen LogP contribution in [0.4, 0.5) is 5.69 Å². The van der Waals surface area contributed by atoms with Gasteiger partial charge in [0.05, 0.1) is 18.8 Å². The van der Waals surface area contributed by atoms with Crippen molar-refractivity contribution >= 4 is 34.2 Å². The molecule has 1 heterocycles. The van der Waals surface area contributed by atoms with Gasteiger partial charge in [0.15, 0.2) is 0 Å². The lowest BCUT2D eigenvalue weighted by atomic mass is 10.2. The molecule has 1 aromatic rings. The first-order valence-corrected chi connectivity index (χ1v) is 7.18. The van der Waals surface area contributed by atoms with Gasteiger partial charge in [-0.25, -0.2) is 0 Å². The second-order valence-corrected chi connectivity index (χ2v) is 6.08. The molecule has 2 atom stereocenters. The molecule has 0 spiro atoms. The van der Waals surface area contributed by atoms with Crippen LogP contribution < -0.4 is 5.32 Å². The van der Waals surface area contributed by atoms with Gasteiger partial charge >= 0.3 is 0 Å². The molecule has 6 heteroatoms. The van der Waals surface area contributed by atoms with E-state index < -0.39 is 12.2 Å². The van der Waals surface area contributed by atoms with Crippen molar-refractivity contribution in [1.29, 1.82) is 0 Å². The lowest BCUT2D eigenvalue weighted by Crippen LogP contribution is -2.32. The van der Waals surface area contributed by atoms with E-state index in [1.165, 1.54) is 0 Å². The average Bonchev–Trinajstić information content (AvgIpc) is 2.62. The molecule has 1 aromatic carbocycles. The SMILES string of the molecule is Cc1cc(I)ccc1NC(=O)CN1C[C@@H](O)[C@@H](O)C1. The second-order valence-electron chi connectivity index (χ2n) is 4.84. The Morgan fingerprint density at radius 2 is 2.05 bits per heavy atom. The van der Waals surface area contributed by atoms with Crippen LogP contribution in [0.2, 0.25) is 0 Å². The first-order chi connectivity index (χ1) is 8.95. The van der Waals surface area contributed by atoms with Crippen LogP contribution in [0.25, 0.3) is 0 Å². The molecule has 0 saturated carbocycles. The number of aliphatic hydroxyl groups excluding tert-OH is 2. The number of hydrogen-bond acceptors (Lipinski definition) is 4. The summed E-state index contributed by atoms with van der Waals surface area (Å²) in [6.45, 7) is 2.79. The quantitative estimate of drug-likeness (QED) is 0.675. The largest absolute Gasteiger partial charge is 0.389 e. The number of aliphatic hydroxyl groups is 2. The van der Waals surface area contributed by atoms with Crippen LogP contribution in [0.15, 0.2) is 18.2 Å². The summed E-state index contributed by atoms with van der Waals surface area (Å²) >= 11 is 2.22. The Hall–Kier alpha value is -0.700. The van der Waals surface area contributed by atoms with Crippen molar-refractivity contribution in [3.63, 3.8) is 0 Å². The number of carbonyl (C=O) groups excluding carboxylic acids is 1. The van der Waals surface area contributed by atoms with Crippen LogP contribution >= 0.6 is 22.6 Å². The molecule has 0 radical (unpaired) electrons. The normalized spacial score (nSPS) is 23.6. The standard InChI is InChI=1S/C13H17IN2O3/c1-8-4-9(14)2-3-10(8)15-13(19)7-16-5-11(17)12(18)6-16/h2-4,11-12,17-18H,5-7H2,1H3,(H,15,19)/t11-,12+. The summed E-state index contributed by atoms with van der Waals surface area (Å²) in [6, 6.07) is 5.81. The van der Waals surface area contributed by atoms with Crippen molar-refractivity contribution in [2.45, 2.75) is 19.1 Å². The van der Waals surface area contributed by atoms with Crippen LogP contribution in [0.1, 0.15) is 5.56 Å². The topological polar surface area (TPSA) is 72.8 Å². The molecule has 104 valence electrons. The zero-order valence-corrected chi connectivity index (χ0v) is 12.8. The molecule has 5 nitrogen and oxygen atoms in total. The zero-order valence-electron chi connectivity index (χ0n) is 10.6. The number of carbonyl (C=O) groups is 1. The van der Waals surface area contributed by atoms with E-state index in [9.17, 15) is 15.0 Å². The van der Waals surface area contributed by atoms with Crippen molar-refractivity contribution in [1.82, 2.24) is 4.90 Å². The van der Waals surface area contributed by atoms with E-state index in [4.69, 9.17) is 0 Å². The number of aryl methyl sites for hydroxylation is 1. The number of hydrogen-bond donors (Lipinski definition) is 3. The Kier molecular flexibility index (Phi) is 4.77. The fourth-order valence-electron chi connectivity index (χ4n) is 2.14. The monoisotopic (exact) mass is 376 g/mol. The fraction of sp³-hybridized carbons (Fsp3) is 0.462. The van der Waals surface area contributed by atoms with E-state index >= 15 is 0 Å². The number of rotatable bonds is 3. The second kappa shape index (κ2) is 6.17. The highest BCUT2D eigenvalue weighted by Crippen LogP contribution is 2.18. The Balaban J connectivity index is 1.91. The van der Waals surface area contributed by atoms with Gasteiger partial charge in [-0.15, -0.1) is 0 Å². The smallest absolute Gasteiger partial charge is 0.238 e. The molecule has 1 aliphatic heterocycles. The van der Waals surface area contributed by atoms with Gasteiger partial charge in [0.25, 0.3) is 0 Å². The maximum absolute atomic E-state index is 11.9. The van der Waals surface area contributed by atoms with Crippen molar-refractivity contribution in [2.75, 3.05) is 25.0 Å². The zero-order chi connectivity index (χ0) is 14.0. The van der Waals surface area contributed by atoms with Crippen molar-refractivity contribution in [3.8, 4) is 0 Å². The number of likely N-dealkylation sites (tertiary alicyclic amines) is 1. The van der Waals surface area contributed by atoms with E-state index in [2.05, 4.69) is 27.9 Å². The third-order valence-electron chi connectivity index (χ3n) is 3.16. The molecule has 0 aliphatic carbocycles. The molecular formula is C13H17IN2O3. The summed E-state index contributed by atoms with van der Waals surface area (Å²) in [6.07, 6.45) is -1.51. The first-order valence-electron chi connectivity index (χ1n) is 6.10. The van der Waals surface area contributed by atoms with E-state index in [1.807, 2.05) is 25.1 Å². The maximum atomic E-state index is 11.9. The number of β-amino-alcohol motifs (C(OH)–C–C–N with tert-alkyl or cyclic N) is 2. The lowest BCUT2D eigenvalue weighted by molar-refractivity contribution is -0.117. The number of nitrogens with one attached hydrogen (secondary N) is 1. The number of nitrogens with zero attached hydrogens (tertiary/aromatic N) is 1. The van der Waals surface area contributed by atoms with E-state index in [0.29, 0.717) is 13.1 Å². The van der Waals surface area contributed by atoms with Crippen molar-refractivity contribution < 1.29 is 15.0 Å². The average molecular weight is 376 g/mol. The van der Waals surface area contributed by atoms with Gasteiger partial charge < -0.3 is 15.5 Å². The van der Waals surface area contributed by atoms with Gasteiger partial charge in [-0.05, 0) is 53.3 Å². The third-order valence-corrected chi connectivity index (χ3v) is 3.84. The summed E-state index contributed by atoms with van der Waals surface area (Å²) in [5.41, 5.74) is 1.81. The summed E-state index contributed by atoms with van der Waals surface area (Å²) in [5, 5.41) is 21.7. The molecule has 19 heavy (non-hydrogen) atoms. The number of halogens is 1. The molecule has 1 aliphatic rings. The highest BCUT2D eigenvalue weighted by molar-refractivity contribution is 14.1. The number of benzene rings is 1. The molecule has 2 rings (SSSR count). The van der Waals surface area contributed by atoms with Crippen LogP contribution in [-0.4, -0.2) is 52.9 Å². The summed E-state index contributed by atoms with van der Waals surface area (Å²) in [4.78, 5) is 13.6. The number of amides is 1. The van der Waals surface area contributed by atoms with Gasteiger partial charge in [0.1, 0.15) is 0 Å². The molecule has 0 aromatic heterocycles. The predicted octanol–water partition coefficient (Wildman–Crippen LogP) is 0.576. The summed E-state index contributed by atoms with van der Waals surface area (Å²) in [7, 11) is 0. The van der Waals surface area contributed by atoms with Gasteiger partial charge in [-0.3, -0.25) is 9.69 Å². The fourth-order valence-corrected chi connectivity index (χ4v) is 2.78. The molecule has 1 saturated heterocycles. The minimum absolute atomic E-state index is 0.134. The Labute approximate surface area is 125 Å². The minimum atomic E-state index is -0.757. The molecule has 0 unspecified atom stereocenters. The molecule has 0 bridgehead atoms. The molecule has 1 amide bonds. The van der Waals surface area contributed by atoms with E-state index in [-0.39, 0.29) is 12.5 Å². The van der Waals surface area contributed by atoms with Crippen LogP contribution in [0, 0.1) is 10.5 Å². The number of anilines is 1. The minimum Gasteiger partial charge on any atom is -0.389 e.